The Balaban J connectivity index is 1.73. The Kier molecular flexibility index (Phi) is 3.53. The first-order valence-corrected chi connectivity index (χ1v) is 8.66. The van der Waals surface area contributed by atoms with Crippen LogP contribution in [-0.4, -0.2) is 36.4 Å². The Morgan fingerprint density at radius 3 is 2.86 bits per heavy atom. The van der Waals surface area contributed by atoms with Gasteiger partial charge in [0.15, 0.2) is 5.17 Å². The molecular formula is C17H20N2O2S. The van der Waals surface area contributed by atoms with Gasteiger partial charge in [0.1, 0.15) is 11.5 Å². The maximum atomic E-state index is 5.57. The molecule has 0 amide bonds. The molecule has 116 valence electrons. The summed E-state index contributed by atoms with van der Waals surface area (Å²) in [4.78, 5) is 7.35. The number of methoxy groups -OCH3 is 2. The fourth-order valence-corrected chi connectivity index (χ4v) is 4.63. The predicted molar refractivity (Wildman–Crippen MR) is 90.4 cm³/mol. The molecule has 1 saturated carbocycles. The lowest BCUT2D eigenvalue weighted by Crippen LogP contribution is -2.38. The van der Waals surface area contributed by atoms with E-state index in [1.807, 2.05) is 12.1 Å². The summed E-state index contributed by atoms with van der Waals surface area (Å²) in [6.07, 6.45) is 5.04. The molecule has 1 aromatic carbocycles. The monoisotopic (exact) mass is 316 g/mol. The second kappa shape index (κ2) is 5.54. The summed E-state index contributed by atoms with van der Waals surface area (Å²) in [6.45, 7) is 0. The summed E-state index contributed by atoms with van der Waals surface area (Å²) in [7, 11) is 3.42. The van der Waals surface area contributed by atoms with Gasteiger partial charge in [0, 0.05) is 11.0 Å². The van der Waals surface area contributed by atoms with Gasteiger partial charge in [0.05, 0.1) is 32.0 Å². The third kappa shape index (κ3) is 2.10. The van der Waals surface area contributed by atoms with Crippen LogP contribution in [0.2, 0.25) is 0 Å². The summed E-state index contributed by atoms with van der Waals surface area (Å²) in [6, 6.07) is 6.96. The molecular weight excluding hydrogens is 296 g/mol. The van der Waals surface area contributed by atoms with E-state index in [-0.39, 0.29) is 0 Å². The van der Waals surface area contributed by atoms with E-state index < -0.39 is 0 Å². The summed E-state index contributed by atoms with van der Waals surface area (Å²) < 4.78 is 11.0. The summed E-state index contributed by atoms with van der Waals surface area (Å²) in [5.41, 5.74) is 2.29. The Bertz CT molecular complexity index is 656. The van der Waals surface area contributed by atoms with E-state index in [4.69, 9.17) is 14.5 Å². The highest BCUT2D eigenvalue weighted by atomic mass is 32.2. The molecule has 0 spiro atoms. The van der Waals surface area contributed by atoms with Crippen LogP contribution in [-0.2, 0) is 0 Å². The number of hydrogen-bond acceptors (Lipinski definition) is 5. The van der Waals surface area contributed by atoms with E-state index in [0.717, 1.165) is 22.2 Å². The van der Waals surface area contributed by atoms with Gasteiger partial charge in [0.25, 0.3) is 0 Å². The second-order valence-corrected chi connectivity index (χ2v) is 6.72. The molecule has 0 saturated heterocycles. The molecule has 5 heteroatoms. The molecule has 0 aromatic heterocycles. The first-order valence-electron chi connectivity index (χ1n) is 7.78. The third-order valence-corrected chi connectivity index (χ3v) is 5.58. The van der Waals surface area contributed by atoms with Gasteiger partial charge in [-0.3, -0.25) is 4.99 Å². The van der Waals surface area contributed by atoms with Crippen molar-refractivity contribution in [3.05, 3.63) is 29.2 Å². The minimum absolute atomic E-state index is 0.469. The number of nitrogens with zero attached hydrogens (tertiary/aromatic N) is 2. The van der Waals surface area contributed by atoms with Crippen molar-refractivity contribution in [3.63, 3.8) is 0 Å². The number of fused-ring (bicyclic) bond motifs is 3. The molecule has 1 fully saturated rings. The van der Waals surface area contributed by atoms with E-state index in [2.05, 4.69) is 16.4 Å². The minimum atomic E-state index is 0.469. The normalized spacial score (nSPS) is 26.2. The zero-order valence-electron chi connectivity index (χ0n) is 12.9. The maximum Gasteiger partial charge on any atom is 0.168 e. The summed E-state index contributed by atoms with van der Waals surface area (Å²) >= 11 is 1.73. The SMILES string of the molecule is COc1ccc(OC)c(C2=CSC3=N[C@@H]4CCCC[C@@H]4N23)c1. The van der Waals surface area contributed by atoms with Crippen LogP contribution in [0.5, 0.6) is 11.5 Å². The van der Waals surface area contributed by atoms with Crippen molar-refractivity contribution in [2.24, 2.45) is 4.99 Å². The number of amidine groups is 1. The van der Waals surface area contributed by atoms with Crippen LogP contribution in [0, 0.1) is 0 Å². The lowest BCUT2D eigenvalue weighted by Gasteiger charge is -2.32. The van der Waals surface area contributed by atoms with Gasteiger partial charge in [-0.25, -0.2) is 0 Å². The molecule has 0 unspecified atom stereocenters. The quantitative estimate of drug-likeness (QED) is 0.851. The average molecular weight is 316 g/mol. The molecule has 0 bridgehead atoms. The van der Waals surface area contributed by atoms with Crippen molar-refractivity contribution in [1.29, 1.82) is 0 Å². The number of thioether (sulfide) groups is 1. The number of benzene rings is 1. The molecule has 1 aromatic rings. The smallest absolute Gasteiger partial charge is 0.168 e. The van der Waals surface area contributed by atoms with Crippen LogP contribution < -0.4 is 9.47 Å². The standard InChI is InChI=1S/C17H20N2O2S/c1-20-11-7-8-16(21-2)12(9-11)15-10-22-17-18-13-5-3-4-6-14(13)19(15)17/h7-10,13-14H,3-6H2,1-2H3/t13-,14+/m1/s1. The molecule has 2 heterocycles. The average Bonchev–Trinajstić information content (AvgIpc) is 3.13. The van der Waals surface area contributed by atoms with Crippen LogP contribution >= 0.6 is 11.8 Å². The van der Waals surface area contributed by atoms with E-state index >= 15 is 0 Å². The Labute approximate surface area is 135 Å². The highest BCUT2D eigenvalue weighted by Crippen LogP contribution is 2.46. The first-order chi connectivity index (χ1) is 10.8. The van der Waals surface area contributed by atoms with Gasteiger partial charge in [-0.2, -0.15) is 0 Å². The first kappa shape index (κ1) is 14.0. The van der Waals surface area contributed by atoms with Gasteiger partial charge in [-0.15, -0.1) is 0 Å². The zero-order valence-corrected chi connectivity index (χ0v) is 13.7. The van der Waals surface area contributed by atoms with E-state index in [0.29, 0.717) is 12.1 Å². The Morgan fingerprint density at radius 2 is 2.05 bits per heavy atom. The van der Waals surface area contributed by atoms with Crippen LogP contribution in [0.1, 0.15) is 31.2 Å². The lowest BCUT2D eigenvalue weighted by molar-refractivity contribution is 0.304. The molecule has 0 radical (unpaired) electrons. The number of ether oxygens (including phenoxy) is 2. The lowest BCUT2D eigenvalue weighted by atomic mass is 9.90. The highest BCUT2D eigenvalue weighted by molar-refractivity contribution is 8.16. The number of aliphatic imine (C=N–C) groups is 1. The van der Waals surface area contributed by atoms with Crippen LogP contribution in [0.15, 0.2) is 28.6 Å². The van der Waals surface area contributed by atoms with Crippen LogP contribution in [0.3, 0.4) is 0 Å². The highest BCUT2D eigenvalue weighted by Gasteiger charge is 2.42. The van der Waals surface area contributed by atoms with Gasteiger partial charge in [-0.05, 0) is 31.0 Å². The fraction of sp³-hybridized carbons (Fsp3) is 0.471. The van der Waals surface area contributed by atoms with Crippen molar-refractivity contribution < 1.29 is 9.47 Å². The zero-order chi connectivity index (χ0) is 15.1. The summed E-state index contributed by atoms with van der Waals surface area (Å²) in [5.74, 6) is 1.74. The molecule has 4 rings (SSSR count). The van der Waals surface area contributed by atoms with E-state index in [1.165, 1.54) is 31.4 Å². The van der Waals surface area contributed by atoms with E-state index in [1.54, 1.807) is 26.0 Å². The van der Waals surface area contributed by atoms with Crippen molar-refractivity contribution in [2.75, 3.05) is 14.2 Å². The molecule has 1 aliphatic carbocycles. The molecule has 0 N–H and O–H groups in total. The van der Waals surface area contributed by atoms with Gasteiger partial charge < -0.3 is 14.4 Å². The summed E-state index contributed by atoms with van der Waals surface area (Å²) in [5, 5.41) is 3.35. The van der Waals surface area contributed by atoms with E-state index in [9.17, 15) is 0 Å². The second-order valence-electron chi connectivity index (χ2n) is 5.89. The Morgan fingerprint density at radius 1 is 1.18 bits per heavy atom. The predicted octanol–water partition coefficient (Wildman–Crippen LogP) is 3.73. The Hall–Kier alpha value is -1.62. The van der Waals surface area contributed by atoms with Crippen molar-refractivity contribution in [2.45, 2.75) is 37.8 Å². The topological polar surface area (TPSA) is 34.1 Å². The molecule has 22 heavy (non-hydrogen) atoms. The maximum absolute atomic E-state index is 5.57. The molecule has 3 aliphatic rings. The molecule has 2 atom stereocenters. The molecule has 2 aliphatic heterocycles. The van der Waals surface area contributed by atoms with Crippen molar-refractivity contribution in [3.8, 4) is 11.5 Å². The third-order valence-electron chi connectivity index (χ3n) is 4.73. The number of rotatable bonds is 3. The van der Waals surface area contributed by atoms with Crippen molar-refractivity contribution >= 4 is 22.6 Å². The van der Waals surface area contributed by atoms with Gasteiger partial charge >= 0.3 is 0 Å². The largest absolute Gasteiger partial charge is 0.497 e. The minimum Gasteiger partial charge on any atom is -0.497 e. The van der Waals surface area contributed by atoms with Crippen molar-refractivity contribution in [1.82, 2.24) is 4.90 Å². The fourth-order valence-electron chi connectivity index (χ4n) is 3.63. The van der Waals surface area contributed by atoms with Gasteiger partial charge in [0.2, 0.25) is 0 Å². The van der Waals surface area contributed by atoms with Crippen LogP contribution in [0.25, 0.3) is 5.70 Å². The van der Waals surface area contributed by atoms with Crippen LogP contribution in [0.4, 0.5) is 0 Å². The van der Waals surface area contributed by atoms with Gasteiger partial charge in [-0.1, -0.05) is 24.6 Å². The molecule has 4 nitrogen and oxygen atoms in total. The number of hydrogen-bond donors (Lipinski definition) is 0.